The fourth-order valence-electron chi connectivity index (χ4n) is 6.30. The Labute approximate surface area is 387 Å². The smallest absolute Gasteiger partial charge is 0.220 e. The molecule has 0 bridgehead atoms. The lowest BCUT2D eigenvalue weighted by Crippen LogP contribution is -2.60. The summed E-state index contributed by atoms with van der Waals surface area (Å²) >= 11 is 0. The molecule has 1 amide bonds. The summed E-state index contributed by atoms with van der Waals surface area (Å²) in [4.78, 5) is 12.9. The lowest BCUT2D eigenvalue weighted by molar-refractivity contribution is -0.302. The highest BCUT2D eigenvalue weighted by Gasteiger charge is 2.44. The SMILES string of the molecule is CC/C=C\C/C=C\C/C=C\C/C=C\C/C=C\C/C=C\C/C=C\C/C=C\C/C=C\C/C=C\CCCCC(=O)NC(COC1OC(CO)C(O)C(O)C1O)C(O)/C=C/CC/C=C/CCCC. The molecular formula is C55H85NO8. The van der Waals surface area contributed by atoms with Crippen LogP contribution in [0.4, 0.5) is 0 Å². The summed E-state index contributed by atoms with van der Waals surface area (Å²) in [7, 11) is 0. The molecule has 0 aliphatic carbocycles. The summed E-state index contributed by atoms with van der Waals surface area (Å²) in [6.45, 7) is 3.50. The number of aliphatic hydroxyl groups is 5. The van der Waals surface area contributed by atoms with Crippen molar-refractivity contribution in [2.45, 2.75) is 179 Å². The molecule has 6 N–H and O–H groups in total. The fraction of sp³-hybridized carbons (Fsp3) is 0.545. The molecular weight excluding hydrogens is 803 g/mol. The number of carbonyl (C=O) groups excluding carboxylic acids is 1. The number of nitrogens with one attached hydrogen (secondary N) is 1. The van der Waals surface area contributed by atoms with E-state index in [9.17, 15) is 30.3 Å². The number of hydrogen-bond donors (Lipinski definition) is 6. The van der Waals surface area contributed by atoms with Crippen molar-refractivity contribution in [3.63, 3.8) is 0 Å². The van der Waals surface area contributed by atoms with E-state index in [4.69, 9.17) is 9.47 Å². The van der Waals surface area contributed by atoms with Gasteiger partial charge in [-0.2, -0.15) is 0 Å². The minimum atomic E-state index is -1.59. The van der Waals surface area contributed by atoms with Gasteiger partial charge in [0.15, 0.2) is 6.29 Å². The van der Waals surface area contributed by atoms with Crippen LogP contribution in [-0.4, -0.2) is 87.5 Å². The van der Waals surface area contributed by atoms with E-state index in [1.807, 2.05) is 6.08 Å². The van der Waals surface area contributed by atoms with Gasteiger partial charge in [0.2, 0.25) is 5.91 Å². The zero-order valence-corrected chi connectivity index (χ0v) is 39.2. The largest absolute Gasteiger partial charge is 0.394 e. The van der Waals surface area contributed by atoms with Gasteiger partial charge in [0.1, 0.15) is 24.4 Å². The summed E-state index contributed by atoms with van der Waals surface area (Å²) in [5.41, 5.74) is 0. The summed E-state index contributed by atoms with van der Waals surface area (Å²) < 4.78 is 11.1. The number of rotatable bonds is 37. The van der Waals surface area contributed by atoms with Gasteiger partial charge in [-0.1, -0.05) is 173 Å². The number of amides is 1. The molecule has 7 atom stereocenters. The number of carbonyl (C=O) groups is 1. The molecule has 0 saturated carbocycles. The van der Waals surface area contributed by atoms with Gasteiger partial charge in [0.25, 0.3) is 0 Å². The Morgan fingerprint density at radius 3 is 1.44 bits per heavy atom. The van der Waals surface area contributed by atoms with Gasteiger partial charge in [-0.25, -0.2) is 0 Å². The molecule has 358 valence electrons. The Morgan fingerprint density at radius 1 is 0.547 bits per heavy atom. The first kappa shape index (κ1) is 58.1. The van der Waals surface area contributed by atoms with E-state index in [1.54, 1.807) is 6.08 Å². The van der Waals surface area contributed by atoms with E-state index in [2.05, 4.69) is 153 Å². The highest BCUT2D eigenvalue weighted by molar-refractivity contribution is 5.76. The van der Waals surface area contributed by atoms with E-state index in [-0.39, 0.29) is 18.9 Å². The van der Waals surface area contributed by atoms with Crippen molar-refractivity contribution < 1.29 is 39.8 Å². The predicted octanol–water partition coefficient (Wildman–Crippen LogP) is 10.8. The molecule has 1 rings (SSSR count). The van der Waals surface area contributed by atoms with E-state index in [0.29, 0.717) is 6.42 Å². The summed E-state index contributed by atoms with van der Waals surface area (Å²) in [5, 5.41) is 53.9. The van der Waals surface area contributed by atoms with E-state index < -0.39 is 49.5 Å². The Balaban J connectivity index is 2.26. The second-order valence-corrected chi connectivity index (χ2v) is 15.8. The molecule has 0 aromatic heterocycles. The van der Waals surface area contributed by atoms with Crippen LogP contribution in [0.2, 0.25) is 0 Å². The molecule has 0 radical (unpaired) electrons. The molecule has 1 aliphatic rings. The van der Waals surface area contributed by atoms with Crippen LogP contribution < -0.4 is 5.32 Å². The van der Waals surface area contributed by atoms with Crippen molar-refractivity contribution in [1.29, 1.82) is 0 Å². The van der Waals surface area contributed by atoms with Crippen LogP contribution in [0.25, 0.3) is 0 Å². The van der Waals surface area contributed by atoms with Crippen molar-refractivity contribution in [1.82, 2.24) is 5.32 Å². The van der Waals surface area contributed by atoms with Gasteiger partial charge in [0, 0.05) is 6.42 Å². The highest BCUT2D eigenvalue weighted by Crippen LogP contribution is 2.22. The lowest BCUT2D eigenvalue weighted by Gasteiger charge is -2.40. The van der Waals surface area contributed by atoms with E-state index >= 15 is 0 Å². The predicted molar refractivity (Wildman–Crippen MR) is 266 cm³/mol. The normalized spacial score (nSPS) is 21.4. The molecule has 1 fully saturated rings. The van der Waals surface area contributed by atoms with Gasteiger partial charge >= 0.3 is 0 Å². The number of hydrogen-bond acceptors (Lipinski definition) is 8. The molecule has 0 aromatic rings. The Hall–Kier alpha value is -3.93. The van der Waals surface area contributed by atoms with Gasteiger partial charge in [-0.3, -0.25) is 4.79 Å². The first-order valence-electron chi connectivity index (χ1n) is 24.1. The van der Waals surface area contributed by atoms with Crippen LogP contribution in [0.15, 0.2) is 146 Å². The molecule has 1 saturated heterocycles. The van der Waals surface area contributed by atoms with Crippen molar-refractivity contribution in [2.24, 2.45) is 0 Å². The van der Waals surface area contributed by atoms with E-state index in [0.717, 1.165) is 109 Å². The number of allylic oxidation sites excluding steroid dienone is 23. The van der Waals surface area contributed by atoms with Crippen LogP contribution in [0.1, 0.15) is 136 Å². The third-order valence-corrected chi connectivity index (χ3v) is 10.1. The summed E-state index contributed by atoms with van der Waals surface area (Å²) in [6, 6.07) is -0.853. The fourth-order valence-corrected chi connectivity index (χ4v) is 6.30. The standard InChI is InChI=1S/C55H85NO8/c1-3-5-7-9-11-13-14-15-16-17-18-19-20-21-22-23-24-25-26-27-28-29-30-31-32-33-34-35-36-37-39-41-43-45-51(59)56-48(49(58)44-42-40-38-12-10-8-6-4-2)47-63-55-54(62)53(61)52(60)50(46-57)64-55/h5,7,10-13,15-16,18-19,21-22,24-25,27-28,30-31,33-34,36-37,42,44,48-50,52-55,57-58,60-62H,3-4,6,8-9,14,17,20,23,26,29,32,35,38-41,43,45-47H2,1-2H3,(H,56,59)/b7-5-,12-10+,13-11-,16-15-,19-18-,22-21-,25-24-,28-27-,31-30-,34-33-,37-36-,44-42+. The second kappa shape index (κ2) is 43.0. The summed E-state index contributed by atoms with van der Waals surface area (Å²) in [5.74, 6) is -0.242. The molecule has 9 nitrogen and oxygen atoms in total. The van der Waals surface area contributed by atoms with Crippen molar-refractivity contribution in [3.05, 3.63) is 146 Å². The average Bonchev–Trinajstić information content (AvgIpc) is 3.29. The highest BCUT2D eigenvalue weighted by atomic mass is 16.7. The maximum absolute atomic E-state index is 12.9. The Bertz CT molecular complexity index is 1500. The monoisotopic (exact) mass is 888 g/mol. The van der Waals surface area contributed by atoms with Crippen LogP contribution in [-0.2, 0) is 14.3 Å². The minimum absolute atomic E-state index is 0.230. The van der Waals surface area contributed by atoms with Crippen LogP contribution in [0, 0.1) is 0 Å². The first-order chi connectivity index (χ1) is 31.3. The molecule has 0 spiro atoms. The van der Waals surface area contributed by atoms with Gasteiger partial charge in [-0.15, -0.1) is 0 Å². The zero-order chi connectivity index (χ0) is 46.6. The van der Waals surface area contributed by atoms with Crippen LogP contribution >= 0.6 is 0 Å². The van der Waals surface area contributed by atoms with Crippen LogP contribution in [0.5, 0.6) is 0 Å². The Kier molecular flexibility index (Phi) is 39.0. The van der Waals surface area contributed by atoms with Gasteiger partial charge in [0.05, 0.1) is 25.4 Å². The lowest BCUT2D eigenvalue weighted by atomic mass is 9.99. The topological polar surface area (TPSA) is 149 Å². The van der Waals surface area contributed by atoms with Gasteiger partial charge < -0.3 is 40.3 Å². The minimum Gasteiger partial charge on any atom is -0.394 e. The molecule has 64 heavy (non-hydrogen) atoms. The molecule has 0 aromatic carbocycles. The van der Waals surface area contributed by atoms with Gasteiger partial charge in [-0.05, 0) is 103 Å². The molecule has 1 aliphatic heterocycles. The van der Waals surface area contributed by atoms with Crippen molar-refractivity contribution in [2.75, 3.05) is 13.2 Å². The molecule has 7 unspecified atom stereocenters. The molecule has 1 heterocycles. The zero-order valence-electron chi connectivity index (χ0n) is 39.2. The number of unbranched alkanes of at least 4 members (excludes halogenated alkanes) is 5. The van der Waals surface area contributed by atoms with Crippen molar-refractivity contribution >= 4 is 5.91 Å². The van der Waals surface area contributed by atoms with E-state index in [1.165, 1.54) is 0 Å². The maximum Gasteiger partial charge on any atom is 0.220 e. The maximum atomic E-state index is 12.9. The summed E-state index contributed by atoms with van der Waals surface area (Å²) in [6.07, 6.45) is 60.7. The molecule has 9 heteroatoms. The first-order valence-corrected chi connectivity index (χ1v) is 24.1. The number of aliphatic hydroxyl groups excluding tert-OH is 5. The third-order valence-electron chi connectivity index (χ3n) is 10.1. The second-order valence-electron chi connectivity index (χ2n) is 15.8. The number of ether oxygens (including phenoxy) is 2. The quantitative estimate of drug-likeness (QED) is 0.0267. The average molecular weight is 888 g/mol. The Morgan fingerprint density at radius 2 is 0.969 bits per heavy atom. The van der Waals surface area contributed by atoms with Crippen molar-refractivity contribution in [3.8, 4) is 0 Å². The third kappa shape index (κ3) is 32.7. The van der Waals surface area contributed by atoms with Crippen LogP contribution in [0.3, 0.4) is 0 Å².